The van der Waals surface area contributed by atoms with Gasteiger partial charge in [-0.05, 0) is 49.9 Å². The van der Waals surface area contributed by atoms with Crippen molar-refractivity contribution in [1.29, 1.82) is 0 Å². The second-order valence-corrected chi connectivity index (χ2v) is 12.9. The predicted molar refractivity (Wildman–Crippen MR) is 138 cm³/mol. The molecule has 2 amide bonds. The fourth-order valence-corrected chi connectivity index (χ4v) is 7.54. The Kier molecular flexibility index (Phi) is 8.40. The third kappa shape index (κ3) is 6.70. The van der Waals surface area contributed by atoms with E-state index in [-0.39, 0.29) is 22.9 Å². The lowest BCUT2D eigenvalue weighted by Gasteiger charge is -2.22. The molecule has 11 heteroatoms. The quantitative estimate of drug-likeness (QED) is 0.432. The Bertz CT molecular complexity index is 1170. The van der Waals surface area contributed by atoms with Gasteiger partial charge in [0, 0.05) is 0 Å². The number of nitrogens with one attached hydrogen (secondary N) is 2. The van der Waals surface area contributed by atoms with Gasteiger partial charge in [0.15, 0.2) is 11.5 Å². The summed E-state index contributed by atoms with van der Waals surface area (Å²) in [5, 5.41) is 4.05. The number of para-hydroxylation sites is 4. The van der Waals surface area contributed by atoms with Gasteiger partial charge in [-0.3, -0.25) is 0 Å². The monoisotopic (exact) mass is 536 g/mol. The van der Waals surface area contributed by atoms with Gasteiger partial charge < -0.3 is 19.0 Å². The van der Waals surface area contributed by atoms with Gasteiger partial charge >= 0.3 is 26.3 Å². The van der Waals surface area contributed by atoms with Crippen LogP contribution in [0.25, 0.3) is 0 Å². The molecule has 0 heterocycles. The number of urea groups is 1. The minimum atomic E-state index is -3.85. The Balaban J connectivity index is 1.45. The van der Waals surface area contributed by atoms with Crippen LogP contribution in [0.15, 0.2) is 48.5 Å². The zero-order chi connectivity index (χ0) is 25.6. The first-order valence-electron chi connectivity index (χ1n) is 12.4. The van der Waals surface area contributed by atoms with E-state index in [1.807, 2.05) is 0 Å². The van der Waals surface area contributed by atoms with Crippen molar-refractivity contribution in [2.24, 2.45) is 0 Å². The van der Waals surface area contributed by atoms with Crippen LogP contribution in [0.2, 0.25) is 0 Å². The summed E-state index contributed by atoms with van der Waals surface area (Å²) in [7, 11) is -7.70. The fraction of sp³-hybridized carbons (Fsp3) is 0.480. The van der Waals surface area contributed by atoms with Gasteiger partial charge in [0.1, 0.15) is 0 Å². The van der Waals surface area contributed by atoms with Gasteiger partial charge in [0.25, 0.3) is 0 Å². The second-order valence-electron chi connectivity index (χ2n) is 9.24. The summed E-state index contributed by atoms with van der Waals surface area (Å²) < 4.78 is 61.9. The first-order chi connectivity index (χ1) is 17.2. The highest BCUT2D eigenvalue weighted by Gasteiger charge is 2.31. The molecule has 0 radical (unpaired) electrons. The van der Waals surface area contributed by atoms with Crippen molar-refractivity contribution in [1.82, 2.24) is 0 Å². The molecule has 0 saturated heterocycles. The summed E-state index contributed by atoms with van der Waals surface area (Å²) in [5.74, 6) is 0.0327. The van der Waals surface area contributed by atoms with E-state index in [0.717, 1.165) is 38.5 Å². The Morgan fingerprint density at radius 3 is 1.36 bits per heavy atom. The summed E-state index contributed by atoms with van der Waals surface area (Å²) in [6.07, 6.45) is 7.60. The molecule has 9 nitrogen and oxygen atoms in total. The second kappa shape index (κ2) is 11.5. The minimum absolute atomic E-state index is 0.0163. The Morgan fingerprint density at radius 1 is 0.611 bits per heavy atom. The lowest BCUT2D eigenvalue weighted by Crippen LogP contribution is -2.29. The van der Waals surface area contributed by atoms with Crippen molar-refractivity contribution in [2.45, 2.75) is 74.7 Å². The van der Waals surface area contributed by atoms with Crippen LogP contribution in [0, 0.1) is 0 Å². The maximum atomic E-state index is 12.8. The Morgan fingerprint density at radius 2 is 0.972 bits per heavy atom. The number of benzene rings is 2. The van der Waals surface area contributed by atoms with Crippen LogP contribution in [-0.2, 0) is 20.2 Å². The molecular weight excluding hydrogens is 504 g/mol. The minimum Gasteiger partial charge on any atom is -0.380 e. The van der Waals surface area contributed by atoms with E-state index in [9.17, 15) is 21.6 Å². The lowest BCUT2D eigenvalue weighted by atomic mass is 10.0. The molecule has 0 bridgehead atoms. The van der Waals surface area contributed by atoms with Crippen molar-refractivity contribution in [3.05, 3.63) is 48.5 Å². The van der Waals surface area contributed by atoms with Gasteiger partial charge in [0.2, 0.25) is 0 Å². The number of hydrogen-bond donors (Lipinski definition) is 2. The number of hydrogen-bond acceptors (Lipinski definition) is 7. The van der Waals surface area contributed by atoms with Gasteiger partial charge in [0.05, 0.1) is 21.9 Å². The highest BCUT2D eigenvalue weighted by Crippen LogP contribution is 2.32. The average Bonchev–Trinajstić information content (AvgIpc) is 2.87. The first kappa shape index (κ1) is 26.3. The van der Waals surface area contributed by atoms with Crippen molar-refractivity contribution in [3.8, 4) is 11.5 Å². The molecule has 0 aliphatic heterocycles. The smallest absolute Gasteiger partial charge is 0.323 e. The van der Waals surface area contributed by atoms with Crippen molar-refractivity contribution >= 4 is 37.6 Å². The Hall–Kier alpha value is -2.79. The van der Waals surface area contributed by atoms with Crippen molar-refractivity contribution in [3.63, 3.8) is 0 Å². The first-order valence-corrected chi connectivity index (χ1v) is 15.3. The predicted octanol–water partition coefficient (Wildman–Crippen LogP) is 5.41. The average molecular weight is 537 g/mol. The van der Waals surface area contributed by atoms with Crippen LogP contribution < -0.4 is 19.0 Å². The summed E-state index contributed by atoms with van der Waals surface area (Å²) >= 11 is 0. The number of amides is 2. The van der Waals surface area contributed by atoms with E-state index in [2.05, 4.69) is 10.6 Å². The molecule has 36 heavy (non-hydrogen) atoms. The molecule has 0 spiro atoms. The molecule has 2 aromatic carbocycles. The molecule has 2 aromatic rings. The van der Waals surface area contributed by atoms with Crippen LogP contribution in [0.4, 0.5) is 16.2 Å². The molecule has 0 aromatic heterocycles. The number of carbonyl (C=O) groups is 1. The van der Waals surface area contributed by atoms with Crippen molar-refractivity contribution < 1.29 is 30.0 Å². The molecule has 2 saturated carbocycles. The lowest BCUT2D eigenvalue weighted by molar-refractivity contribution is 0.262. The van der Waals surface area contributed by atoms with Crippen LogP contribution in [-0.4, -0.2) is 33.4 Å². The molecule has 2 aliphatic carbocycles. The number of rotatable bonds is 8. The van der Waals surface area contributed by atoms with Gasteiger partial charge in [-0.25, -0.2) is 4.79 Å². The standard InChI is InChI=1S/C25H32N2O7S2/c28-25(26-21-15-7-9-17-23(21)33-35(29,30)19-11-3-1-4-12-19)27-22-16-8-10-18-24(22)34-36(31,32)20-13-5-2-6-14-20/h7-10,15-20H,1-6,11-14H2,(H2,26,27,28). The number of carbonyl (C=O) groups excluding carboxylic acids is 1. The van der Waals surface area contributed by atoms with Gasteiger partial charge in [-0.15, -0.1) is 0 Å². The SMILES string of the molecule is O=C(Nc1ccccc1OS(=O)(=O)C1CCCCC1)Nc1ccccc1OS(=O)(=O)C1CCCCC1. The van der Waals surface area contributed by atoms with E-state index in [0.29, 0.717) is 25.7 Å². The van der Waals surface area contributed by atoms with E-state index in [4.69, 9.17) is 8.37 Å². The molecule has 196 valence electrons. The van der Waals surface area contributed by atoms with Crippen LogP contribution in [0.3, 0.4) is 0 Å². The fourth-order valence-electron chi connectivity index (χ4n) is 4.66. The molecule has 4 rings (SSSR count). The zero-order valence-corrected chi connectivity index (χ0v) is 21.7. The third-order valence-corrected chi connectivity index (χ3v) is 10.0. The van der Waals surface area contributed by atoms with Crippen LogP contribution in [0.1, 0.15) is 64.2 Å². The van der Waals surface area contributed by atoms with Crippen LogP contribution >= 0.6 is 0 Å². The summed E-state index contributed by atoms with van der Waals surface area (Å²) in [4.78, 5) is 12.8. The Labute approximate surface area is 212 Å². The van der Waals surface area contributed by atoms with E-state index >= 15 is 0 Å². The van der Waals surface area contributed by atoms with Gasteiger partial charge in [-0.2, -0.15) is 16.8 Å². The summed E-state index contributed by atoms with van der Waals surface area (Å²) in [6, 6.07) is 11.8. The molecule has 2 fully saturated rings. The van der Waals surface area contributed by atoms with Gasteiger partial charge in [-0.1, -0.05) is 62.8 Å². The third-order valence-electron chi connectivity index (χ3n) is 6.60. The molecular formula is C25H32N2O7S2. The topological polar surface area (TPSA) is 128 Å². The van der Waals surface area contributed by atoms with E-state index in [1.54, 1.807) is 24.3 Å². The molecule has 2 aliphatic rings. The molecule has 0 atom stereocenters. The summed E-state index contributed by atoms with van der Waals surface area (Å²) in [6.45, 7) is 0. The maximum Gasteiger partial charge on any atom is 0.323 e. The summed E-state index contributed by atoms with van der Waals surface area (Å²) in [5.41, 5.74) is 0.338. The highest BCUT2D eigenvalue weighted by molar-refractivity contribution is 7.88. The molecule has 0 unspecified atom stereocenters. The zero-order valence-electron chi connectivity index (χ0n) is 20.0. The van der Waals surface area contributed by atoms with E-state index < -0.39 is 36.8 Å². The number of anilines is 2. The molecule has 2 N–H and O–H groups in total. The largest absolute Gasteiger partial charge is 0.380 e. The van der Waals surface area contributed by atoms with Crippen LogP contribution in [0.5, 0.6) is 11.5 Å². The van der Waals surface area contributed by atoms with E-state index in [1.165, 1.54) is 24.3 Å². The normalized spacial score (nSPS) is 17.8. The highest BCUT2D eigenvalue weighted by atomic mass is 32.2. The van der Waals surface area contributed by atoms with Crippen molar-refractivity contribution in [2.75, 3.05) is 10.6 Å². The maximum absolute atomic E-state index is 12.8.